The van der Waals surface area contributed by atoms with Crippen LogP contribution in [-0.4, -0.2) is 45.9 Å². The molecule has 3 N–H and O–H groups in total. The number of imidazole rings is 1. The van der Waals surface area contributed by atoms with E-state index in [2.05, 4.69) is 17.0 Å². The minimum absolute atomic E-state index is 0.153. The Morgan fingerprint density at radius 3 is 2.56 bits per heavy atom. The lowest BCUT2D eigenvalue weighted by molar-refractivity contribution is -0.149. The first-order chi connectivity index (χ1) is 21.9. The van der Waals surface area contributed by atoms with E-state index >= 15 is 0 Å². The molecule has 0 fully saturated rings. The zero-order valence-corrected chi connectivity index (χ0v) is 25.9. The summed E-state index contributed by atoms with van der Waals surface area (Å²) in [6, 6.07) is 13.3. The number of nitrogens with one attached hydrogen (secondary N) is 1. The normalized spacial score (nSPS) is 15.9. The van der Waals surface area contributed by atoms with Crippen LogP contribution in [0.3, 0.4) is 0 Å². The monoisotopic (exact) mass is 614 g/mol. The Morgan fingerprint density at radius 1 is 1.12 bits per heavy atom. The van der Waals surface area contributed by atoms with Crippen LogP contribution in [0, 0.1) is 0 Å². The summed E-state index contributed by atoms with van der Waals surface area (Å²) in [6.45, 7) is 4.59. The van der Waals surface area contributed by atoms with E-state index in [9.17, 15) is 9.36 Å². The molecule has 0 bridgehead atoms. The van der Waals surface area contributed by atoms with Crippen LogP contribution in [-0.2, 0) is 30.0 Å². The lowest BCUT2D eigenvalue weighted by Gasteiger charge is -2.27. The predicted octanol–water partition coefficient (Wildman–Crippen LogP) is 6.57. The average Bonchev–Trinajstić information content (AvgIpc) is 3.39. The number of esters is 1. The van der Waals surface area contributed by atoms with Crippen molar-refractivity contribution in [3.63, 3.8) is 0 Å². The van der Waals surface area contributed by atoms with Gasteiger partial charge in [0.15, 0.2) is 5.82 Å². The van der Waals surface area contributed by atoms with Gasteiger partial charge in [-0.2, -0.15) is 5.09 Å². The highest BCUT2D eigenvalue weighted by molar-refractivity contribution is 7.52. The van der Waals surface area contributed by atoms with Gasteiger partial charge in [0, 0.05) is 16.1 Å². The van der Waals surface area contributed by atoms with Crippen molar-refractivity contribution in [1.29, 1.82) is 0 Å². The molecule has 232 valence electrons. The molecule has 2 heterocycles. The van der Waals surface area contributed by atoms with Gasteiger partial charge in [0.2, 0.25) is 0 Å². The first-order valence-electron chi connectivity index (χ1n) is 16.0. The Morgan fingerprint density at radius 2 is 1.86 bits per heavy atom. The lowest BCUT2D eigenvalue weighted by atomic mass is 10.1. The maximum Gasteiger partial charge on any atom is 0.459 e. The van der Waals surface area contributed by atoms with E-state index in [0.717, 1.165) is 23.7 Å². The predicted molar refractivity (Wildman–Crippen MR) is 168 cm³/mol. The molecular formula is C31H42N5O6P. The van der Waals surface area contributed by atoms with Crippen LogP contribution in [0.25, 0.3) is 21.9 Å². The van der Waals surface area contributed by atoms with E-state index in [-0.39, 0.29) is 24.8 Å². The fourth-order valence-electron chi connectivity index (χ4n) is 4.69. The average molecular weight is 615 g/mol. The second-order valence-corrected chi connectivity index (χ2v) is 12.0. The topological polar surface area (TPSA) is 140 Å². The number of fused-ring (bicyclic) bond motifs is 3. The molecule has 0 saturated heterocycles. The molecule has 4 rings (SSSR count). The number of pyridine rings is 1. The summed E-state index contributed by atoms with van der Waals surface area (Å²) in [5.41, 5.74) is 8.28. The van der Waals surface area contributed by atoms with Gasteiger partial charge in [0.05, 0.1) is 29.8 Å². The number of aromatic nitrogens is 3. The quantitative estimate of drug-likeness (QED) is 0.105. The number of nitrogen functional groups attached to an aromatic ring is 1. The van der Waals surface area contributed by atoms with Crippen LogP contribution < -0.4 is 15.3 Å². The minimum atomic E-state index is -4.55. The van der Waals surface area contributed by atoms with E-state index in [1.807, 2.05) is 35.8 Å². The number of nitrogens with two attached hydrogens (primary N) is 1. The van der Waals surface area contributed by atoms with Crippen LogP contribution >= 0.6 is 7.75 Å². The van der Waals surface area contributed by atoms with E-state index in [1.165, 1.54) is 0 Å². The van der Waals surface area contributed by atoms with E-state index in [1.54, 1.807) is 44.2 Å². The van der Waals surface area contributed by atoms with Crippen molar-refractivity contribution in [1.82, 2.24) is 19.6 Å². The molecule has 0 amide bonds. The Labute approximate surface area is 256 Å². The fourth-order valence-corrected chi connectivity index (χ4v) is 6.06. The third-order valence-corrected chi connectivity index (χ3v) is 8.11. The lowest BCUT2D eigenvalue weighted by Crippen LogP contribution is -2.36. The SMILES string of the molecule is [2H]C([2H])([2H])[C@H](N[P@@](=O)(OC[C@@H](CCCC)n1c(COCC)nc2c(N)nc3ccccc3c21)Oc1ccccc1)C(=O)OC(C)C. The van der Waals surface area contributed by atoms with Crippen molar-refractivity contribution >= 4 is 41.5 Å². The number of rotatable bonds is 16. The van der Waals surface area contributed by atoms with Crippen LogP contribution in [0.4, 0.5) is 5.82 Å². The summed E-state index contributed by atoms with van der Waals surface area (Å²) in [6.07, 6.45) is 1.59. The zero-order valence-electron chi connectivity index (χ0n) is 28.0. The van der Waals surface area contributed by atoms with Crippen molar-refractivity contribution in [2.75, 3.05) is 18.9 Å². The summed E-state index contributed by atoms with van der Waals surface area (Å²) >= 11 is 0. The van der Waals surface area contributed by atoms with Gasteiger partial charge in [0.25, 0.3) is 0 Å². The van der Waals surface area contributed by atoms with Gasteiger partial charge in [-0.3, -0.25) is 9.32 Å². The van der Waals surface area contributed by atoms with Crippen molar-refractivity contribution in [3.8, 4) is 5.75 Å². The Kier molecular flexibility index (Phi) is 9.73. The van der Waals surface area contributed by atoms with Crippen LogP contribution in [0.15, 0.2) is 54.6 Å². The highest BCUT2D eigenvalue weighted by Gasteiger charge is 2.34. The molecule has 12 heteroatoms. The second-order valence-electron chi connectivity index (χ2n) is 10.3. The molecule has 11 nitrogen and oxygen atoms in total. The van der Waals surface area contributed by atoms with Crippen LogP contribution in [0.2, 0.25) is 0 Å². The zero-order chi connectivity index (χ0) is 33.5. The van der Waals surface area contributed by atoms with Gasteiger partial charge in [-0.25, -0.2) is 14.5 Å². The number of hydrogen-bond donors (Lipinski definition) is 2. The Balaban J connectivity index is 1.81. The van der Waals surface area contributed by atoms with Gasteiger partial charge < -0.3 is 24.3 Å². The number of nitrogens with zero attached hydrogens (tertiary/aromatic N) is 3. The summed E-state index contributed by atoms with van der Waals surface area (Å²) in [7, 11) is -4.55. The van der Waals surface area contributed by atoms with Gasteiger partial charge in [-0.1, -0.05) is 56.2 Å². The molecule has 0 aliphatic heterocycles. The van der Waals surface area contributed by atoms with Crippen molar-refractivity contribution in [2.45, 2.75) is 78.6 Å². The number of hydrogen-bond acceptors (Lipinski definition) is 9. The molecule has 0 saturated carbocycles. The third kappa shape index (κ3) is 8.12. The molecule has 43 heavy (non-hydrogen) atoms. The van der Waals surface area contributed by atoms with E-state index in [0.29, 0.717) is 29.9 Å². The smallest absolute Gasteiger partial charge is 0.459 e. The largest absolute Gasteiger partial charge is 0.462 e. The molecule has 0 radical (unpaired) electrons. The number of ether oxygens (including phenoxy) is 2. The molecule has 0 unspecified atom stereocenters. The summed E-state index contributed by atoms with van der Waals surface area (Å²) in [5, 5.41) is 3.21. The maximum atomic E-state index is 14.5. The molecular weight excluding hydrogens is 569 g/mol. The van der Waals surface area contributed by atoms with Gasteiger partial charge >= 0.3 is 13.7 Å². The number of carbonyl (C=O) groups is 1. The summed E-state index contributed by atoms with van der Waals surface area (Å²) in [4.78, 5) is 22.3. The molecule has 2 aromatic heterocycles. The molecule has 0 aliphatic rings. The van der Waals surface area contributed by atoms with E-state index in [4.69, 9.17) is 33.4 Å². The second kappa shape index (κ2) is 14.8. The first-order valence-corrected chi connectivity index (χ1v) is 16.0. The molecule has 0 spiro atoms. The highest BCUT2D eigenvalue weighted by Crippen LogP contribution is 2.46. The molecule has 0 aliphatic carbocycles. The molecule has 4 aromatic rings. The van der Waals surface area contributed by atoms with Gasteiger partial charge in [-0.05, 0) is 52.2 Å². The minimum Gasteiger partial charge on any atom is -0.462 e. The standard InChI is InChI=1S/C31H42N5O6P/c1-6-8-14-23(19-40-43(38,42-24-15-10-9-11-16-24)35-22(5)31(37)41-21(3)4)36-27(20-39-7-2)34-28-29(36)25-17-12-13-18-26(25)33-30(28)32/h9-13,15-18,21-23H,6-8,14,19-20H2,1-5H3,(H2,32,33)(H,35,38)/t22-,23+,43+/m0/s1/i5D3. The van der Waals surface area contributed by atoms with Crippen LogP contribution in [0.5, 0.6) is 5.75 Å². The molecule has 3 atom stereocenters. The Bertz CT molecular complexity index is 1670. The number of benzene rings is 2. The maximum absolute atomic E-state index is 14.5. The number of carbonyl (C=O) groups excluding carboxylic acids is 1. The number of anilines is 1. The van der Waals surface area contributed by atoms with Crippen molar-refractivity contribution in [3.05, 3.63) is 60.4 Å². The summed E-state index contributed by atoms with van der Waals surface area (Å²) < 4.78 is 63.4. The van der Waals surface area contributed by atoms with Gasteiger partial charge in [0.1, 0.15) is 29.7 Å². The van der Waals surface area contributed by atoms with Crippen molar-refractivity contribution in [2.24, 2.45) is 0 Å². The van der Waals surface area contributed by atoms with Crippen LogP contribution in [0.1, 0.15) is 69.8 Å². The summed E-state index contributed by atoms with van der Waals surface area (Å²) in [5.74, 6) is -0.129. The van der Waals surface area contributed by atoms with E-state index < -0.39 is 38.8 Å². The third-order valence-electron chi connectivity index (χ3n) is 6.60. The molecule has 2 aromatic carbocycles. The first kappa shape index (κ1) is 28.3. The highest BCUT2D eigenvalue weighted by atomic mass is 31.2. The number of unbranched alkanes of at least 4 members (excludes halogenated alkanes) is 1. The Hall–Kier alpha value is -3.50. The van der Waals surface area contributed by atoms with Crippen molar-refractivity contribution < 1.29 is 32.0 Å². The number of para-hydroxylation sites is 2. The fraction of sp³-hybridized carbons (Fsp3) is 0.452. The van der Waals surface area contributed by atoms with Gasteiger partial charge in [-0.15, -0.1) is 0 Å².